The molecule has 0 spiro atoms. The van der Waals surface area contributed by atoms with Gasteiger partial charge in [0.05, 0.1) is 5.69 Å². The van der Waals surface area contributed by atoms with Gasteiger partial charge in [-0.05, 0) is 50.8 Å². The molecule has 2 aromatic carbocycles. The largest absolute Gasteiger partial charge is 0.361 e. The second-order valence-corrected chi connectivity index (χ2v) is 9.99. The van der Waals surface area contributed by atoms with Gasteiger partial charge in [0, 0.05) is 23.7 Å². The topological polar surface area (TPSA) is 63.4 Å². The maximum absolute atomic E-state index is 15.0. The molecule has 0 radical (unpaired) electrons. The zero-order valence-corrected chi connectivity index (χ0v) is 18.1. The van der Waals surface area contributed by atoms with Crippen LogP contribution in [0.15, 0.2) is 53.1 Å². The van der Waals surface area contributed by atoms with Crippen LogP contribution in [0.4, 0.5) is 4.39 Å². The highest BCUT2D eigenvalue weighted by molar-refractivity contribution is 7.89. The van der Waals surface area contributed by atoms with Crippen molar-refractivity contribution in [2.75, 3.05) is 0 Å². The zero-order valence-electron chi connectivity index (χ0n) is 17.3. The number of benzene rings is 2. The summed E-state index contributed by atoms with van der Waals surface area (Å²) in [5.74, 6) is 0.189. The van der Waals surface area contributed by atoms with Crippen molar-refractivity contribution in [3.63, 3.8) is 0 Å². The molecule has 1 aromatic heterocycles. The van der Waals surface area contributed by atoms with E-state index in [0.29, 0.717) is 29.0 Å². The van der Waals surface area contributed by atoms with E-state index in [9.17, 15) is 12.8 Å². The van der Waals surface area contributed by atoms with Crippen molar-refractivity contribution in [3.8, 4) is 11.1 Å². The van der Waals surface area contributed by atoms with E-state index in [0.717, 1.165) is 17.5 Å². The molecule has 1 aliphatic heterocycles. The molecule has 158 valence electrons. The Morgan fingerprint density at radius 3 is 2.50 bits per heavy atom. The Hall–Kier alpha value is -2.51. The van der Waals surface area contributed by atoms with Crippen molar-refractivity contribution in [1.82, 2.24) is 9.46 Å². The van der Waals surface area contributed by atoms with Crippen molar-refractivity contribution >= 4 is 10.0 Å². The minimum absolute atomic E-state index is 0.0144. The van der Waals surface area contributed by atoms with Crippen molar-refractivity contribution < 1.29 is 17.3 Å². The molecule has 0 N–H and O–H groups in total. The van der Waals surface area contributed by atoms with Gasteiger partial charge in [-0.15, -0.1) is 0 Å². The van der Waals surface area contributed by atoms with E-state index in [-0.39, 0.29) is 12.6 Å². The summed E-state index contributed by atoms with van der Waals surface area (Å²) >= 11 is 0. The first kappa shape index (κ1) is 20.8. The molecule has 1 unspecified atom stereocenters. The van der Waals surface area contributed by atoms with Gasteiger partial charge >= 0.3 is 0 Å². The number of rotatable bonds is 4. The quantitative estimate of drug-likeness (QED) is 0.576. The number of hydrogen-bond donors (Lipinski definition) is 0. The minimum atomic E-state index is -3.61. The van der Waals surface area contributed by atoms with Crippen LogP contribution in [-0.2, 0) is 16.6 Å². The maximum Gasteiger partial charge on any atom is 0.221 e. The smallest absolute Gasteiger partial charge is 0.221 e. The van der Waals surface area contributed by atoms with E-state index in [2.05, 4.69) is 5.16 Å². The van der Waals surface area contributed by atoms with Gasteiger partial charge in [0.25, 0.3) is 0 Å². The standard InChI is InChI=1S/C23H25FN2O3S/c1-15-9-12-22(18-7-5-4-6-8-18)30(27,28)26(15)14-20-11-10-19(13-21(20)24)23-16(2)25-29-17(23)3/h4-8,10-11,13,15,22H,9,12,14H2,1-3H3/t15-,22?/m0/s1. The first-order valence-electron chi connectivity index (χ1n) is 10.1. The third-order valence-electron chi connectivity index (χ3n) is 5.90. The van der Waals surface area contributed by atoms with Crippen LogP contribution in [0, 0.1) is 19.7 Å². The number of hydrogen-bond acceptors (Lipinski definition) is 4. The van der Waals surface area contributed by atoms with E-state index >= 15 is 0 Å². The molecule has 7 heteroatoms. The van der Waals surface area contributed by atoms with Crippen LogP contribution in [0.2, 0.25) is 0 Å². The maximum atomic E-state index is 15.0. The molecule has 1 saturated heterocycles. The second-order valence-electron chi connectivity index (χ2n) is 7.92. The van der Waals surface area contributed by atoms with Crippen LogP contribution >= 0.6 is 0 Å². The van der Waals surface area contributed by atoms with Crippen LogP contribution in [-0.4, -0.2) is 23.9 Å². The van der Waals surface area contributed by atoms with E-state index in [4.69, 9.17) is 4.52 Å². The lowest BCUT2D eigenvalue weighted by molar-refractivity contribution is 0.279. The summed E-state index contributed by atoms with van der Waals surface area (Å²) in [4.78, 5) is 0. The Morgan fingerprint density at radius 1 is 1.13 bits per heavy atom. The Kier molecular flexibility index (Phi) is 5.51. The lowest BCUT2D eigenvalue weighted by Gasteiger charge is -2.37. The van der Waals surface area contributed by atoms with Crippen LogP contribution in [0.25, 0.3) is 11.1 Å². The predicted molar refractivity (Wildman–Crippen MR) is 114 cm³/mol. The molecule has 0 saturated carbocycles. The highest BCUT2D eigenvalue weighted by Crippen LogP contribution is 2.38. The Morgan fingerprint density at radius 2 is 1.87 bits per heavy atom. The average molecular weight is 429 g/mol. The molecule has 0 aliphatic carbocycles. The molecule has 4 rings (SSSR count). The predicted octanol–water partition coefficient (Wildman–Crippen LogP) is 5.15. The fourth-order valence-electron chi connectivity index (χ4n) is 4.25. The fraction of sp³-hybridized carbons (Fsp3) is 0.348. The molecular formula is C23H25FN2O3S. The van der Waals surface area contributed by atoms with E-state index in [1.54, 1.807) is 19.1 Å². The first-order valence-corrected chi connectivity index (χ1v) is 11.6. The SMILES string of the molecule is Cc1noc(C)c1-c1ccc(CN2[C@@H](C)CCC(c3ccccc3)S2(=O)=O)c(F)c1. The van der Waals surface area contributed by atoms with Gasteiger partial charge in [0.1, 0.15) is 16.8 Å². The monoisotopic (exact) mass is 428 g/mol. The highest BCUT2D eigenvalue weighted by Gasteiger charge is 2.40. The molecule has 0 bridgehead atoms. The van der Waals surface area contributed by atoms with Gasteiger partial charge in [0.2, 0.25) is 10.0 Å². The van der Waals surface area contributed by atoms with Gasteiger partial charge in [-0.3, -0.25) is 0 Å². The summed E-state index contributed by atoms with van der Waals surface area (Å²) in [5.41, 5.74) is 3.27. The summed E-state index contributed by atoms with van der Waals surface area (Å²) in [7, 11) is -3.61. The molecule has 3 aromatic rings. The van der Waals surface area contributed by atoms with E-state index in [1.165, 1.54) is 10.4 Å². The lowest BCUT2D eigenvalue weighted by atomic mass is 10.0. The molecule has 1 fully saturated rings. The average Bonchev–Trinajstić information content (AvgIpc) is 3.05. The van der Waals surface area contributed by atoms with Crippen molar-refractivity contribution in [2.45, 2.75) is 51.4 Å². The van der Waals surface area contributed by atoms with Gasteiger partial charge in [-0.25, -0.2) is 12.8 Å². The number of sulfonamides is 1. The lowest BCUT2D eigenvalue weighted by Crippen LogP contribution is -2.44. The highest BCUT2D eigenvalue weighted by atomic mass is 32.2. The third kappa shape index (κ3) is 3.68. The minimum Gasteiger partial charge on any atom is -0.361 e. The van der Waals surface area contributed by atoms with Crippen LogP contribution < -0.4 is 0 Å². The van der Waals surface area contributed by atoms with Gasteiger partial charge in [-0.2, -0.15) is 4.31 Å². The van der Waals surface area contributed by atoms with Gasteiger partial charge in [-0.1, -0.05) is 47.6 Å². The molecule has 30 heavy (non-hydrogen) atoms. The Labute approximate surface area is 176 Å². The van der Waals surface area contributed by atoms with E-state index in [1.807, 2.05) is 44.2 Å². The van der Waals surface area contributed by atoms with Crippen LogP contribution in [0.1, 0.15) is 47.6 Å². The number of aromatic nitrogens is 1. The van der Waals surface area contributed by atoms with Crippen LogP contribution in [0.5, 0.6) is 0 Å². The van der Waals surface area contributed by atoms with Crippen molar-refractivity contribution in [1.29, 1.82) is 0 Å². The zero-order chi connectivity index (χ0) is 21.5. The molecule has 1 aliphatic rings. The molecular weight excluding hydrogens is 403 g/mol. The summed E-state index contributed by atoms with van der Waals surface area (Å²) in [6.45, 7) is 5.49. The molecule has 2 heterocycles. The fourth-order valence-corrected chi connectivity index (χ4v) is 6.43. The number of nitrogens with zero attached hydrogens (tertiary/aromatic N) is 2. The van der Waals surface area contributed by atoms with Gasteiger partial charge in [0.15, 0.2) is 0 Å². The summed E-state index contributed by atoms with van der Waals surface area (Å²) in [6.07, 6.45) is 1.30. The molecule has 2 atom stereocenters. The molecule has 5 nitrogen and oxygen atoms in total. The molecule has 0 amide bonds. The van der Waals surface area contributed by atoms with Crippen molar-refractivity contribution in [3.05, 3.63) is 76.9 Å². The Balaban J connectivity index is 1.64. The summed E-state index contributed by atoms with van der Waals surface area (Å²) < 4.78 is 48.3. The second kappa shape index (κ2) is 7.96. The third-order valence-corrected chi connectivity index (χ3v) is 8.27. The van der Waals surface area contributed by atoms with Crippen LogP contribution in [0.3, 0.4) is 0 Å². The normalized spacial score (nSPS) is 21.6. The summed E-state index contributed by atoms with van der Waals surface area (Å²) in [5, 5.41) is 3.32. The number of halogens is 1. The van der Waals surface area contributed by atoms with E-state index < -0.39 is 21.1 Å². The number of aryl methyl sites for hydroxylation is 2. The van der Waals surface area contributed by atoms with Crippen molar-refractivity contribution in [2.24, 2.45) is 0 Å². The summed E-state index contributed by atoms with van der Waals surface area (Å²) in [6, 6.07) is 13.9. The Bertz CT molecular complexity index is 1140. The van der Waals surface area contributed by atoms with Gasteiger partial charge < -0.3 is 4.52 Å². The first-order chi connectivity index (χ1) is 14.3.